The molecule has 0 spiro atoms. The Balaban J connectivity index is 1.95. The van der Waals surface area contributed by atoms with Crippen LogP contribution < -0.4 is 9.47 Å². The van der Waals surface area contributed by atoms with Crippen molar-refractivity contribution in [1.82, 2.24) is 0 Å². The van der Waals surface area contributed by atoms with Crippen LogP contribution >= 0.6 is 0 Å². The molecule has 0 heterocycles. The van der Waals surface area contributed by atoms with Crippen LogP contribution in [0.5, 0.6) is 11.5 Å². The topological polar surface area (TPSA) is 36.9 Å². The highest BCUT2D eigenvalue weighted by Crippen LogP contribution is 2.33. The van der Waals surface area contributed by atoms with E-state index in [-0.39, 0.29) is 0 Å². The highest BCUT2D eigenvalue weighted by atomic mass is 16.5. The zero-order valence-corrected chi connectivity index (χ0v) is 17.5. The summed E-state index contributed by atoms with van der Waals surface area (Å²) in [6.07, 6.45) is 0. The van der Waals surface area contributed by atoms with E-state index in [0.717, 1.165) is 28.2 Å². The van der Waals surface area contributed by atoms with Gasteiger partial charge in [-0.25, -0.2) is 0 Å². The van der Waals surface area contributed by atoms with Crippen LogP contribution in [-0.2, 0) is 16.1 Å². The Bertz CT molecular complexity index is 949. The van der Waals surface area contributed by atoms with Crippen molar-refractivity contribution in [1.29, 1.82) is 0 Å². The third-order valence-electron chi connectivity index (χ3n) is 4.92. The summed E-state index contributed by atoms with van der Waals surface area (Å²) in [5, 5.41) is 0. The van der Waals surface area contributed by atoms with Gasteiger partial charge < -0.3 is 18.9 Å². The SMILES string of the molecule is COCCOCc1cc(OC)ccc1-c1cccc(-c2ccc(OC)cc2C)c1. The molecule has 0 saturated carbocycles. The van der Waals surface area contributed by atoms with E-state index in [9.17, 15) is 0 Å². The lowest BCUT2D eigenvalue weighted by Crippen LogP contribution is -2.03. The minimum Gasteiger partial charge on any atom is -0.497 e. The maximum Gasteiger partial charge on any atom is 0.119 e. The van der Waals surface area contributed by atoms with Gasteiger partial charge >= 0.3 is 0 Å². The van der Waals surface area contributed by atoms with Gasteiger partial charge in [-0.3, -0.25) is 0 Å². The first-order valence-electron chi connectivity index (χ1n) is 9.65. The molecule has 4 heteroatoms. The summed E-state index contributed by atoms with van der Waals surface area (Å²) < 4.78 is 21.6. The van der Waals surface area contributed by atoms with Crippen LogP contribution in [0.2, 0.25) is 0 Å². The first-order valence-corrected chi connectivity index (χ1v) is 9.65. The third kappa shape index (κ3) is 5.17. The summed E-state index contributed by atoms with van der Waals surface area (Å²) in [5.74, 6) is 1.69. The van der Waals surface area contributed by atoms with Gasteiger partial charge in [0.25, 0.3) is 0 Å². The molecule has 0 atom stereocenters. The largest absolute Gasteiger partial charge is 0.497 e. The maximum atomic E-state index is 5.79. The van der Waals surface area contributed by atoms with Gasteiger partial charge in [-0.1, -0.05) is 30.3 Å². The molecule has 0 fully saturated rings. The Kier molecular flexibility index (Phi) is 7.28. The van der Waals surface area contributed by atoms with E-state index < -0.39 is 0 Å². The van der Waals surface area contributed by atoms with Crippen molar-refractivity contribution in [2.75, 3.05) is 34.5 Å². The summed E-state index contributed by atoms with van der Waals surface area (Å²) in [4.78, 5) is 0. The van der Waals surface area contributed by atoms with Gasteiger partial charge in [0.15, 0.2) is 0 Å². The molecule has 29 heavy (non-hydrogen) atoms. The molecule has 0 aliphatic rings. The monoisotopic (exact) mass is 392 g/mol. The summed E-state index contributed by atoms with van der Waals surface area (Å²) in [7, 11) is 5.04. The average molecular weight is 392 g/mol. The third-order valence-corrected chi connectivity index (χ3v) is 4.92. The van der Waals surface area contributed by atoms with Gasteiger partial charge in [-0.2, -0.15) is 0 Å². The fourth-order valence-corrected chi connectivity index (χ4v) is 3.36. The lowest BCUT2D eigenvalue weighted by Gasteiger charge is -2.14. The lowest BCUT2D eigenvalue weighted by molar-refractivity contribution is 0.0618. The zero-order chi connectivity index (χ0) is 20.6. The van der Waals surface area contributed by atoms with Crippen molar-refractivity contribution < 1.29 is 18.9 Å². The second-order valence-corrected chi connectivity index (χ2v) is 6.83. The van der Waals surface area contributed by atoms with Crippen LogP contribution in [0.4, 0.5) is 0 Å². The van der Waals surface area contributed by atoms with Crippen molar-refractivity contribution in [3.05, 3.63) is 71.8 Å². The first kappa shape index (κ1) is 20.9. The molecule has 0 bridgehead atoms. The van der Waals surface area contributed by atoms with Crippen LogP contribution in [-0.4, -0.2) is 34.5 Å². The average Bonchev–Trinajstić information content (AvgIpc) is 2.76. The van der Waals surface area contributed by atoms with E-state index in [1.54, 1.807) is 21.3 Å². The predicted molar refractivity (Wildman–Crippen MR) is 117 cm³/mol. The summed E-state index contributed by atoms with van der Waals surface area (Å²) in [6, 6.07) is 20.8. The molecule has 0 unspecified atom stereocenters. The quantitative estimate of drug-likeness (QED) is 0.450. The zero-order valence-electron chi connectivity index (χ0n) is 17.5. The second kappa shape index (κ2) is 10.1. The minimum absolute atomic E-state index is 0.502. The van der Waals surface area contributed by atoms with Crippen molar-refractivity contribution in [3.63, 3.8) is 0 Å². The van der Waals surface area contributed by atoms with Gasteiger partial charge in [0.2, 0.25) is 0 Å². The molecule has 3 aromatic carbocycles. The fourth-order valence-electron chi connectivity index (χ4n) is 3.36. The lowest BCUT2D eigenvalue weighted by atomic mass is 9.94. The molecule has 0 N–H and O–H groups in total. The molecule has 0 amide bonds. The Hall–Kier alpha value is -2.82. The maximum absolute atomic E-state index is 5.79. The highest BCUT2D eigenvalue weighted by Gasteiger charge is 2.10. The van der Waals surface area contributed by atoms with Crippen molar-refractivity contribution in [2.45, 2.75) is 13.5 Å². The smallest absolute Gasteiger partial charge is 0.119 e. The van der Waals surface area contributed by atoms with E-state index >= 15 is 0 Å². The Morgan fingerprint density at radius 1 is 0.690 bits per heavy atom. The Morgan fingerprint density at radius 3 is 2.00 bits per heavy atom. The van der Waals surface area contributed by atoms with E-state index in [1.807, 2.05) is 18.2 Å². The number of rotatable bonds is 9. The molecule has 0 saturated heterocycles. The highest BCUT2D eigenvalue weighted by molar-refractivity contribution is 5.76. The minimum atomic E-state index is 0.502. The van der Waals surface area contributed by atoms with Crippen molar-refractivity contribution in [2.24, 2.45) is 0 Å². The van der Waals surface area contributed by atoms with Crippen LogP contribution in [0.25, 0.3) is 22.3 Å². The molecular weight excluding hydrogens is 364 g/mol. The van der Waals surface area contributed by atoms with E-state index in [0.29, 0.717) is 19.8 Å². The molecule has 0 aromatic heterocycles. The molecule has 0 aliphatic heterocycles. The molecule has 0 aliphatic carbocycles. The number of hydrogen-bond donors (Lipinski definition) is 0. The van der Waals surface area contributed by atoms with Gasteiger partial charge in [-0.15, -0.1) is 0 Å². The van der Waals surface area contributed by atoms with Gasteiger partial charge in [0, 0.05) is 7.11 Å². The summed E-state index contributed by atoms with van der Waals surface area (Å²) in [6.45, 7) is 3.73. The fraction of sp³-hybridized carbons (Fsp3) is 0.280. The molecule has 4 nitrogen and oxygen atoms in total. The first-order chi connectivity index (χ1) is 14.2. The Morgan fingerprint density at radius 2 is 1.34 bits per heavy atom. The van der Waals surface area contributed by atoms with Crippen LogP contribution in [0.15, 0.2) is 60.7 Å². The van der Waals surface area contributed by atoms with E-state index in [1.165, 1.54) is 16.7 Å². The number of methoxy groups -OCH3 is 3. The number of aryl methyl sites for hydroxylation is 1. The molecule has 152 valence electrons. The van der Waals surface area contributed by atoms with Crippen LogP contribution in [0, 0.1) is 6.92 Å². The standard InChI is InChI=1S/C25H28O4/c1-18-14-22(27-3)8-10-24(18)19-6-5-7-20(15-19)25-11-9-23(28-4)16-21(25)17-29-13-12-26-2/h5-11,14-16H,12-13,17H2,1-4H3. The molecular formula is C25H28O4. The second-order valence-electron chi connectivity index (χ2n) is 6.83. The van der Waals surface area contributed by atoms with Crippen LogP contribution in [0.1, 0.15) is 11.1 Å². The van der Waals surface area contributed by atoms with Crippen molar-refractivity contribution in [3.8, 4) is 33.8 Å². The normalized spacial score (nSPS) is 10.8. The summed E-state index contributed by atoms with van der Waals surface area (Å²) >= 11 is 0. The predicted octanol–water partition coefficient (Wildman–Crippen LogP) is 5.51. The number of hydrogen-bond acceptors (Lipinski definition) is 4. The van der Waals surface area contributed by atoms with E-state index in [2.05, 4.69) is 49.4 Å². The number of benzene rings is 3. The van der Waals surface area contributed by atoms with Crippen molar-refractivity contribution >= 4 is 0 Å². The molecule has 3 aromatic rings. The molecule has 3 rings (SSSR count). The van der Waals surface area contributed by atoms with Gasteiger partial charge in [-0.05, 0) is 70.6 Å². The van der Waals surface area contributed by atoms with Gasteiger partial charge in [0.05, 0.1) is 34.0 Å². The van der Waals surface area contributed by atoms with E-state index in [4.69, 9.17) is 18.9 Å². The summed E-state index contributed by atoms with van der Waals surface area (Å²) in [5.41, 5.74) is 6.91. The Labute approximate surface area is 173 Å². The molecule has 0 radical (unpaired) electrons. The number of ether oxygens (including phenoxy) is 4. The van der Waals surface area contributed by atoms with Gasteiger partial charge in [0.1, 0.15) is 11.5 Å². The van der Waals surface area contributed by atoms with Crippen LogP contribution in [0.3, 0.4) is 0 Å².